The van der Waals surface area contributed by atoms with Gasteiger partial charge < -0.3 is 15.2 Å². The number of hydrogen-bond donors (Lipinski definition) is 2. The minimum atomic E-state index is -3.78. The molecule has 26 heavy (non-hydrogen) atoms. The van der Waals surface area contributed by atoms with Crippen LogP contribution in [0.5, 0.6) is 5.75 Å². The number of anilines is 1. The molecule has 0 atom stereocenters. The van der Waals surface area contributed by atoms with Crippen LogP contribution >= 0.6 is 11.6 Å². The highest BCUT2D eigenvalue weighted by Gasteiger charge is 2.27. The number of halogens is 1. The molecular weight excluding hydrogens is 380 g/mol. The number of sulfonamides is 1. The van der Waals surface area contributed by atoms with Crippen LogP contribution in [0.3, 0.4) is 0 Å². The summed E-state index contributed by atoms with van der Waals surface area (Å²) in [5.74, 6) is -0.981. The van der Waals surface area contributed by atoms with Gasteiger partial charge >= 0.3 is 0 Å². The van der Waals surface area contributed by atoms with E-state index >= 15 is 0 Å². The Hall–Kier alpha value is -2.13. The largest absolute Gasteiger partial charge is 0.507 e. The quantitative estimate of drug-likeness (QED) is 0.826. The average molecular weight is 397 g/mol. The van der Waals surface area contributed by atoms with Gasteiger partial charge in [-0.15, -0.1) is 0 Å². The third-order valence-electron chi connectivity index (χ3n) is 3.94. The minimum Gasteiger partial charge on any atom is -0.507 e. The molecule has 0 spiro atoms. The summed E-state index contributed by atoms with van der Waals surface area (Å²) in [6.07, 6.45) is 0. The van der Waals surface area contributed by atoms with Gasteiger partial charge in [0.1, 0.15) is 5.75 Å². The molecule has 0 bridgehead atoms. The summed E-state index contributed by atoms with van der Waals surface area (Å²) in [5.41, 5.74) is 0.208. The number of hydrogen-bond acceptors (Lipinski definition) is 5. The topological polar surface area (TPSA) is 95.9 Å². The van der Waals surface area contributed by atoms with Crippen LogP contribution in [0.4, 0.5) is 5.69 Å². The molecule has 0 radical (unpaired) electrons. The summed E-state index contributed by atoms with van der Waals surface area (Å²) in [4.78, 5) is 12.4. The molecule has 1 aliphatic rings. The molecule has 1 heterocycles. The number of carbonyl (C=O) groups is 1. The third-order valence-corrected chi connectivity index (χ3v) is 6.17. The molecule has 2 aromatic rings. The fourth-order valence-corrected chi connectivity index (χ4v) is 4.16. The van der Waals surface area contributed by atoms with E-state index in [2.05, 4.69) is 5.32 Å². The van der Waals surface area contributed by atoms with Gasteiger partial charge in [-0.25, -0.2) is 8.42 Å². The SMILES string of the molecule is O=C(Nc1ccccc1Cl)c1cc(S(=O)(=O)N2CCOCC2)ccc1O. The van der Waals surface area contributed by atoms with E-state index in [0.29, 0.717) is 23.9 Å². The van der Waals surface area contributed by atoms with Crippen LogP contribution in [0.1, 0.15) is 10.4 Å². The second-order valence-electron chi connectivity index (χ2n) is 5.63. The summed E-state index contributed by atoms with van der Waals surface area (Å²) >= 11 is 6.01. The minimum absolute atomic E-state index is 0.0680. The molecule has 2 aromatic carbocycles. The first-order valence-corrected chi connectivity index (χ1v) is 9.68. The Morgan fingerprint density at radius 2 is 1.85 bits per heavy atom. The molecule has 1 aliphatic heterocycles. The molecule has 3 rings (SSSR count). The number of benzene rings is 2. The summed E-state index contributed by atoms with van der Waals surface area (Å²) in [6, 6.07) is 10.2. The van der Waals surface area contributed by atoms with Crippen LogP contribution in [0.15, 0.2) is 47.4 Å². The number of morpholine rings is 1. The Labute approximate surface area is 156 Å². The van der Waals surface area contributed by atoms with Gasteiger partial charge in [0.25, 0.3) is 5.91 Å². The predicted molar refractivity (Wildman–Crippen MR) is 97.1 cm³/mol. The van der Waals surface area contributed by atoms with E-state index in [4.69, 9.17) is 16.3 Å². The van der Waals surface area contributed by atoms with Gasteiger partial charge in [-0.3, -0.25) is 4.79 Å². The molecular formula is C17H17ClN2O5S. The van der Waals surface area contributed by atoms with Crippen molar-refractivity contribution in [3.8, 4) is 5.75 Å². The lowest BCUT2D eigenvalue weighted by Gasteiger charge is -2.26. The molecule has 0 saturated carbocycles. The zero-order chi connectivity index (χ0) is 18.7. The Balaban J connectivity index is 1.90. The average Bonchev–Trinajstić information content (AvgIpc) is 2.64. The van der Waals surface area contributed by atoms with Crippen molar-refractivity contribution in [3.05, 3.63) is 53.1 Å². The van der Waals surface area contributed by atoms with Gasteiger partial charge in [-0.1, -0.05) is 23.7 Å². The zero-order valence-corrected chi connectivity index (χ0v) is 15.3. The van der Waals surface area contributed by atoms with E-state index in [-0.39, 0.29) is 29.3 Å². The summed E-state index contributed by atoms with van der Waals surface area (Å²) in [5, 5.41) is 12.9. The van der Waals surface area contributed by atoms with Gasteiger partial charge in [0, 0.05) is 13.1 Å². The Bertz CT molecular complexity index is 927. The molecule has 2 N–H and O–H groups in total. The van der Waals surface area contributed by atoms with Gasteiger partial charge in [0.15, 0.2) is 0 Å². The normalized spacial score (nSPS) is 15.6. The number of amides is 1. The van der Waals surface area contributed by atoms with E-state index < -0.39 is 15.9 Å². The van der Waals surface area contributed by atoms with Gasteiger partial charge in [0.2, 0.25) is 10.0 Å². The van der Waals surface area contributed by atoms with Crippen molar-refractivity contribution >= 4 is 33.2 Å². The Morgan fingerprint density at radius 1 is 1.15 bits per heavy atom. The molecule has 1 fully saturated rings. The maximum absolute atomic E-state index is 12.7. The second-order valence-corrected chi connectivity index (χ2v) is 7.97. The van der Waals surface area contributed by atoms with E-state index in [1.165, 1.54) is 16.4 Å². The number of para-hydroxylation sites is 1. The van der Waals surface area contributed by atoms with Crippen LogP contribution in [0, 0.1) is 0 Å². The van der Waals surface area contributed by atoms with Gasteiger partial charge in [-0.2, -0.15) is 4.31 Å². The van der Waals surface area contributed by atoms with Crippen LogP contribution in [0.2, 0.25) is 5.02 Å². The van der Waals surface area contributed by atoms with Crippen LogP contribution in [0.25, 0.3) is 0 Å². The molecule has 1 saturated heterocycles. The highest BCUT2D eigenvalue weighted by Crippen LogP contribution is 2.27. The summed E-state index contributed by atoms with van der Waals surface area (Å²) in [6.45, 7) is 1.11. The van der Waals surface area contributed by atoms with Crippen molar-refractivity contribution < 1.29 is 23.1 Å². The number of nitrogens with zero attached hydrogens (tertiary/aromatic N) is 1. The maximum Gasteiger partial charge on any atom is 0.259 e. The first-order chi connectivity index (χ1) is 12.4. The Kier molecular flexibility index (Phi) is 5.47. The van der Waals surface area contributed by atoms with Crippen molar-refractivity contribution in [2.24, 2.45) is 0 Å². The number of aromatic hydroxyl groups is 1. The fraction of sp³-hybridized carbons (Fsp3) is 0.235. The van der Waals surface area contributed by atoms with E-state index in [1.807, 2.05) is 0 Å². The number of ether oxygens (including phenoxy) is 1. The van der Waals surface area contributed by atoms with Gasteiger partial charge in [-0.05, 0) is 30.3 Å². The molecule has 0 aromatic heterocycles. The summed E-state index contributed by atoms with van der Waals surface area (Å²) in [7, 11) is -3.78. The fourth-order valence-electron chi connectivity index (χ4n) is 2.55. The van der Waals surface area contributed by atoms with Gasteiger partial charge in [0.05, 0.1) is 34.4 Å². The van der Waals surface area contributed by atoms with Crippen LogP contribution in [-0.4, -0.2) is 50.0 Å². The second kappa shape index (κ2) is 7.63. The molecule has 0 aliphatic carbocycles. The van der Waals surface area contributed by atoms with Crippen LogP contribution in [-0.2, 0) is 14.8 Å². The first-order valence-electron chi connectivity index (χ1n) is 7.86. The number of nitrogens with one attached hydrogen (secondary N) is 1. The van der Waals surface area contributed by atoms with E-state index in [1.54, 1.807) is 24.3 Å². The van der Waals surface area contributed by atoms with Crippen molar-refractivity contribution in [1.29, 1.82) is 0 Å². The predicted octanol–water partition coefficient (Wildman–Crippen LogP) is 2.32. The lowest BCUT2D eigenvalue weighted by molar-refractivity contribution is 0.0730. The lowest BCUT2D eigenvalue weighted by Crippen LogP contribution is -2.40. The number of phenolic OH excluding ortho intramolecular Hbond substituents is 1. The zero-order valence-electron chi connectivity index (χ0n) is 13.7. The highest BCUT2D eigenvalue weighted by atomic mass is 35.5. The third kappa shape index (κ3) is 3.83. The molecule has 7 nitrogen and oxygen atoms in total. The van der Waals surface area contributed by atoms with Crippen molar-refractivity contribution in [2.45, 2.75) is 4.90 Å². The monoisotopic (exact) mass is 396 g/mol. The van der Waals surface area contributed by atoms with Crippen LogP contribution < -0.4 is 5.32 Å². The smallest absolute Gasteiger partial charge is 0.259 e. The van der Waals surface area contributed by atoms with Crippen molar-refractivity contribution in [3.63, 3.8) is 0 Å². The molecule has 0 unspecified atom stereocenters. The van der Waals surface area contributed by atoms with Crippen molar-refractivity contribution in [1.82, 2.24) is 4.31 Å². The molecule has 1 amide bonds. The molecule has 138 valence electrons. The van der Waals surface area contributed by atoms with E-state index in [9.17, 15) is 18.3 Å². The standard InChI is InChI=1S/C17H17ClN2O5S/c18-14-3-1-2-4-15(14)19-17(22)13-11-12(5-6-16(13)21)26(23,24)20-7-9-25-10-8-20/h1-6,11,21H,7-10H2,(H,19,22). The van der Waals surface area contributed by atoms with E-state index in [0.717, 1.165) is 6.07 Å². The first kappa shape index (κ1) is 18.7. The maximum atomic E-state index is 12.7. The summed E-state index contributed by atoms with van der Waals surface area (Å²) < 4.78 is 31.9. The molecule has 9 heteroatoms. The number of carbonyl (C=O) groups excluding carboxylic acids is 1. The number of phenols is 1. The van der Waals surface area contributed by atoms with Crippen molar-refractivity contribution in [2.75, 3.05) is 31.6 Å². The highest BCUT2D eigenvalue weighted by molar-refractivity contribution is 7.89. The Morgan fingerprint density at radius 3 is 2.54 bits per heavy atom. The lowest BCUT2D eigenvalue weighted by atomic mass is 10.2. The number of rotatable bonds is 4.